The summed E-state index contributed by atoms with van der Waals surface area (Å²) in [5.74, 6) is 0.894. The molecule has 0 saturated carbocycles. The zero-order valence-electron chi connectivity index (χ0n) is 13.5. The van der Waals surface area contributed by atoms with Gasteiger partial charge in [0.25, 0.3) is 0 Å². The smallest absolute Gasteiger partial charge is 0.234 e. The first-order chi connectivity index (χ1) is 11.1. The molecular formula is C16H19N5OS. The van der Waals surface area contributed by atoms with E-state index >= 15 is 0 Å². The lowest BCUT2D eigenvalue weighted by molar-refractivity contribution is -0.116. The third kappa shape index (κ3) is 3.10. The highest BCUT2D eigenvalue weighted by molar-refractivity contribution is 7.19. The molecule has 1 amide bonds. The Morgan fingerprint density at radius 1 is 1.30 bits per heavy atom. The monoisotopic (exact) mass is 329 g/mol. The summed E-state index contributed by atoms with van der Waals surface area (Å²) in [5.41, 5.74) is 2.85. The molecule has 0 unspecified atom stereocenters. The van der Waals surface area contributed by atoms with Gasteiger partial charge in [-0.1, -0.05) is 37.3 Å². The molecule has 1 aromatic carbocycles. The number of aromatic nitrogens is 4. The maximum Gasteiger partial charge on any atom is 0.234 e. The number of benzene rings is 1. The van der Waals surface area contributed by atoms with E-state index in [0.29, 0.717) is 6.42 Å². The maximum atomic E-state index is 11.8. The number of hydrogen-bond donors (Lipinski definition) is 1. The molecule has 0 bridgehead atoms. The zero-order chi connectivity index (χ0) is 16.4. The molecule has 2 aromatic heterocycles. The first-order valence-electron chi connectivity index (χ1n) is 7.74. The van der Waals surface area contributed by atoms with Crippen LogP contribution in [0, 0.1) is 6.92 Å². The SMILES string of the molecule is CCCC(=O)Nc1cc(-c2nn3c(CC)nnc3s2)ccc1C. The Hall–Kier alpha value is -2.28. The molecule has 6 nitrogen and oxygen atoms in total. The van der Waals surface area contributed by atoms with Gasteiger partial charge in [-0.15, -0.1) is 10.2 Å². The maximum absolute atomic E-state index is 11.8. The van der Waals surface area contributed by atoms with E-state index in [-0.39, 0.29) is 5.91 Å². The van der Waals surface area contributed by atoms with Gasteiger partial charge in [-0.3, -0.25) is 4.79 Å². The fourth-order valence-corrected chi connectivity index (χ4v) is 3.18. The van der Waals surface area contributed by atoms with Crippen LogP contribution in [-0.2, 0) is 11.2 Å². The number of nitrogens with zero attached hydrogens (tertiary/aromatic N) is 4. The molecule has 0 spiro atoms. The lowest BCUT2D eigenvalue weighted by atomic mass is 10.1. The minimum atomic E-state index is 0.0409. The number of aryl methyl sites for hydroxylation is 2. The molecule has 2 heterocycles. The van der Waals surface area contributed by atoms with Crippen molar-refractivity contribution in [3.8, 4) is 10.6 Å². The number of carbonyl (C=O) groups excluding carboxylic acids is 1. The predicted octanol–water partition coefficient (Wildman–Crippen LogP) is 3.46. The number of hydrogen-bond acceptors (Lipinski definition) is 5. The van der Waals surface area contributed by atoms with Crippen LogP contribution in [0.4, 0.5) is 5.69 Å². The van der Waals surface area contributed by atoms with Crippen molar-refractivity contribution < 1.29 is 4.79 Å². The van der Waals surface area contributed by atoms with E-state index in [1.165, 1.54) is 11.3 Å². The largest absolute Gasteiger partial charge is 0.326 e. The highest BCUT2D eigenvalue weighted by atomic mass is 32.1. The van der Waals surface area contributed by atoms with Gasteiger partial charge in [-0.25, -0.2) is 0 Å². The Bertz CT molecular complexity index is 851. The van der Waals surface area contributed by atoms with Gasteiger partial charge in [0, 0.05) is 24.1 Å². The van der Waals surface area contributed by atoms with E-state index in [0.717, 1.165) is 45.4 Å². The number of carbonyl (C=O) groups is 1. The summed E-state index contributed by atoms with van der Waals surface area (Å²) in [6, 6.07) is 5.99. The second-order valence-electron chi connectivity index (χ2n) is 5.40. The molecule has 1 N–H and O–H groups in total. The van der Waals surface area contributed by atoms with E-state index < -0.39 is 0 Å². The minimum absolute atomic E-state index is 0.0409. The molecule has 23 heavy (non-hydrogen) atoms. The van der Waals surface area contributed by atoms with Gasteiger partial charge < -0.3 is 5.32 Å². The van der Waals surface area contributed by atoms with Crippen LogP contribution in [0.25, 0.3) is 15.5 Å². The van der Waals surface area contributed by atoms with Crippen LogP contribution in [0.3, 0.4) is 0 Å². The van der Waals surface area contributed by atoms with Crippen molar-refractivity contribution in [1.82, 2.24) is 19.8 Å². The van der Waals surface area contributed by atoms with Crippen molar-refractivity contribution in [1.29, 1.82) is 0 Å². The third-order valence-corrected chi connectivity index (χ3v) is 4.56. The Morgan fingerprint density at radius 3 is 2.87 bits per heavy atom. The van der Waals surface area contributed by atoms with E-state index in [4.69, 9.17) is 0 Å². The second kappa shape index (κ2) is 6.45. The summed E-state index contributed by atoms with van der Waals surface area (Å²) >= 11 is 1.50. The summed E-state index contributed by atoms with van der Waals surface area (Å²) in [5, 5.41) is 16.7. The highest BCUT2D eigenvalue weighted by Crippen LogP contribution is 2.29. The van der Waals surface area contributed by atoms with Gasteiger partial charge in [0.15, 0.2) is 5.82 Å². The average molecular weight is 329 g/mol. The molecule has 0 atom stereocenters. The molecule has 0 aliphatic rings. The summed E-state index contributed by atoms with van der Waals surface area (Å²) in [7, 11) is 0. The van der Waals surface area contributed by atoms with Gasteiger partial charge >= 0.3 is 0 Å². The Labute approximate surface area is 138 Å². The lowest BCUT2D eigenvalue weighted by Gasteiger charge is -2.09. The lowest BCUT2D eigenvalue weighted by Crippen LogP contribution is -2.11. The highest BCUT2D eigenvalue weighted by Gasteiger charge is 2.13. The molecule has 120 valence electrons. The number of amides is 1. The van der Waals surface area contributed by atoms with Crippen molar-refractivity contribution >= 4 is 27.9 Å². The summed E-state index contributed by atoms with van der Waals surface area (Å²) in [6.45, 7) is 6.01. The van der Waals surface area contributed by atoms with Crippen LogP contribution in [0.1, 0.15) is 38.1 Å². The number of nitrogens with one attached hydrogen (secondary N) is 1. The molecule has 3 rings (SSSR count). The number of rotatable bonds is 5. The van der Waals surface area contributed by atoms with Gasteiger partial charge in [0.1, 0.15) is 5.01 Å². The zero-order valence-corrected chi connectivity index (χ0v) is 14.3. The van der Waals surface area contributed by atoms with Crippen LogP contribution in [-0.4, -0.2) is 25.7 Å². The quantitative estimate of drug-likeness (QED) is 0.778. The minimum Gasteiger partial charge on any atom is -0.326 e. The summed E-state index contributed by atoms with van der Waals surface area (Å²) < 4.78 is 1.79. The van der Waals surface area contributed by atoms with E-state index in [9.17, 15) is 4.79 Å². The first kappa shape index (κ1) is 15.6. The predicted molar refractivity (Wildman–Crippen MR) is 91.7 cm³/mol. The van der Waals surface area contributed by atoms with Crippen molar-refractivity contribution in [2.24, 2.45) is 0 Å². The third-order valence-electron chi connectivity index (χ3n) is 3.61. The second-order valence-corrected chi connectivity index (χ2v) is 6.36. The molecule has 7 heteroatoms. The summed E-state index contributed by atoms with van der Waals surface area (Å²) in [6.07, 6.45) is 2.15. The fraction of sp³-hybridized carbons (Fsp3) is 0.375. The van der Waals surface area contributed by atoms with E-state index in [2.05, 4.69) is 20.6 Å². The summed E-state index contributed by atoms with van der Waals surface area (Å²) in [4.78, 5) is 12.6. The Kier molecular flexibility index (Phi) is 4.38. The van der Waals surface area contributed by atoms with Gasteiger partial charge in [-0.05, 0) is 25.0 Å². The molecule has 0 saturated heterocycles. The Balaban J connectivity index is 1.95. The number of fused-ring (bicyclic) bond motifs is 1. The first-order valence-corrected chi connectivity index (χ1v) is 8.56. The van der Waals surface area contributed by atoms with Crippen LogP contribution in [0.15, 0.2) is 18.2 Å². The molecule has 0 radical (unpaired) electrons. The van der Waals surface area contributed by atoms with Crippen molar-refractivity contribution in [2.45, 2.75) is 40.0 Å². The molecule has 0 fully saturated rings. The Morgan fingerprint density at radius 2 is 2.13 bits per heavy atom. The normalized spacial score (nSPS) is 11.1. The van der Waals surface area contributed by atoms with Crippen LogP contribution in [0.5, 0.6) is 0 Å². The van der Waals surface area contributed by atoms with Crippen LogP contribution >= 0.6 is 11.3 Å². The van der Waals surface area contributed by atoms with Crippen molar-refractivity contribution in [3.05, 3.63) is 29.6 Å². The van der Waals surface area contributed by atoms with Crippen molar-refractivity contribution in [3.63, 3.8) is 0 Å². The topological polar surface area (TPSA) is 72.2 Å². The van der Waals surface area contributed by atoms with E-state index in [1.54, 1.807) is 4.52 Å². The fourth-order valence-electron chi connectivity index (χ4n) is 2.32. The average Bonchev–Trinajstić information content (AvgIpc) is 3.09. The molecule has 0 aliphatic heterocycles. The van der Waals surface area contributed by atoms with E-state index in [1.807, 2.05) is 39.0 Å². The number of anilines is 1. The van der Waals surface area contributed by atoms with Crippen LogP contribution in [0.2, 0.25) is 0 Å². The standard InChI is InChI=1S/C16H19N5OS/c1-4-6-14(22)17-12-9-11(8-7-10(12)3)15-20-21-13(5-2)18-19-16(21)23-15/h7-9H,4-6H2,1-3H3,(H,17,22). The van der Waals surface area contributed by atoms with Gasteiger partial charge in [0.05, 0.1) is 0 Å². The van der Waals surface area contributed by atoms with Crippen molar-refractivity contribution in [2.75, 3.05) is 5.32 Å². The molecular weight excluding hydrogens is 310 g/mol. The van der Waals surface area contributed by atoms with Crippen LogP contribution < -0.4 is 5.32 Å². The molecule has 3 aromatic rings. The van der Waals surface area contributed by atoms with Gasteiger partial charge in [-0.2, -0.15) is 9.61 Å². The molecule has 0 aliphatic carbocycles. The van der Waals surface area contributed by atoms with Gasteiger partial charge in [0.2, 0.25) is 10.9 Å².